The zero-order chi connectivity index (χ0) is 20.9. The highest BCUT2D eigenvalue weighted by molar-refractivity contribution is 9.10. The quantitative estimate of drug-likeness (QED) is 0.655. The second-order valence-electron chi connectivity index (χ2n) is 7.26. The van der Waals surface area contributed by atoms with E-state index in [0.717, 1.165) is 5.56 Å². The molecule has 1 amide bonds. The first-order valence-electron chi connectivity index (χ1n) is 8.48. The van der Waals surface area contributed by atoms with Gasteiger partial charge in [-0.2, -0.15) is 0 Å². The fourth-order valence-electron chi connectivity index (χ4n) is 2.33. The zero-order valence-corrected chi connectivity index (χ0v) is 18.7. The molecule has 28 heavy (non-hydrogen) atoms. The lowest BCUT2D eigenvalue weighted by molar-refractivity contribution is 0.0421. The van der Waals surface area contributed by atoms with Gasteiger partial charge in [0, 0.05) is 5.02 Å². The largest absolute Gasteiger partial charge is 0.480 e. The van der Waals surface area contributed by atoms with Gasteiger partial charge >= 0.3 is 6.09 Å². The van der Waals surface area contributed by atoms with E-state index in [-0.39, 0.29) is 12.5 Å². The van der Waals surface area contributed by atoms with Crippen molar-refractivity contribution in [3.8, 4) is 11.8 Å². The van der Waals surface area contributed by atoms with Crippen LogP contribution >= 0.6 is 27.5 Å². The fourth-order valence-corrected chi connectivity index (χ4v) is 2.94. The van der Waals surface area contributed by atoms with Crippen LogP contribution in [0.5, 0.6) is 11.8 Å². The number of aromatic nitrogens is 2. The monoisotopic (exact) mass is 471 g/mol. The lowest BCUT2D eigenvalue weighted by Gasteiger charge is -2.32. The number of ether oxygens (including phenoxy) is 3. The Morgan fingerprint density at radius 2 is 1.75 bits per heavy atom. The highest BCUT2D eigenvalue weighted by atomic mass is 79.9. The first-order valence-corrected chi connectivity index (χ1v) is 9.66. The van der Waals surface area contributed by atoms with Crippen LogP contribution in [0.1, 0.15) is 33.3 Å². The lowest BCUT2D eigenvalue weighted by atomic mass is 9.93. The van der Waals surface area contributed by atoms with Gasteiger partial charge in [0.2, 0.25) is 11.8 Å². The Hall–Kier alpha value is -2.06. The summed E-state index contributed by atoms with van der Waals surface area (Å²) in [7, 11) is 1.50. The highest BCUT2D eigenvalue weighted by Gasteiger charge is 2.32. The van der Waals surface area contributed by atoms with Crippen LogP contribution in [0.25, 0.3) is 0 Å². The van der Waals surface area contributed by atoms with Crippen molar-refractivity contribution >= 4 is 33.6 Å². The second kappa shape index (κ2) is 8.96. The Morgan fingerprint density at radius 3 is 2.32 bits per heavy atom. The van der Waals surface area contributed by atoms with Crippen LogP contribution in [0.3, 0.4) is 0 Å². The molecule has 2 aromatic rings. The minimum absolute atomic E-state index is 0.0760. The summed E-state index contributed by atoms with van der Waals surface area (Å²) in [4.78, 5) is 20.5. The SMILES string of the molecule is COc1ncnc(OC[C@@](C)(NC(=O)OC(C)(C)C)c2ccc(Cl)cc2)c1Br. The van der Waals surface area contributed by atoms with Crippen LogP contribution < -0.4 is 14.8 Å². The van der Waals surface area contributed by atoms with Gasteiger partial charge in [-0.05, 0) is 61.3 Å². The van der Waals surface area contributed by atoms with E-state index in [0.29, 0.717) is 15.4 Å². The number of hydrogen-bond acceptors (Lipinski definition) is 6. The molecule has 0 aliphatic rings. The van der Waals surface area contributed by atoms with Gasteiger partial charge < -0.3 is 19.5 Å². The van der Waals surface area contributed by atoms with Gasteiger partial charge in [0.25, 0.3) is 0 Å². The average molecular weight is 473 g/mol. The molecule has 0 aliphatic heterocycles. The first-order chi connectivity index (χ1) is 13.0. The van der Waals surface area contributed by atoms with E-state index in [2.05, 4.69) is 31.2 Å². The average Bonchev–Trinajstić information content (AvgIpc) is 2.59. The zero-order valence-electron chi connectivity index (χ0n) is 16.4. The van der Waals surface area contributed by atoms with Crippen molar-refractivity contribution in [3.63, 3.8) is 0 Å². The third kappa shape index (κ3) is 5.97. The Balaban J connectivity index is 2.28. The molecule has 1 N–H and O–H groups in total. The van der Waals surface area contributed by atoms with E-state index in [1.54, 1.807) is 32.9 Å². The Labute approximate surface area is 177 Å². The Bertz CT molecular complexity index is 827. The molecule has 0 aliphatic carbocycles. The summed E-state index contributed by atoms with van der Waals surface area (Å²) in [5, 5.41) is 3.48. The van der Waals surface area contributed by atoms with Crippen molar-refractivity contribution in [1.82, 2.24) is 15.3 Å². The third-order valence-electron chi connectivity index (χ3n) is 3.67. The molecular formula is C19H23BrClN3O4. The standard InChI is InChI=1S/C19H23BrClN3O4/c1-18(2,3)28-17(25)24-19(4,12-6-8-13(21)9-7-12)10-27-16-14(20)15(26-5)22-11-23-16/h6-9,11H,10H2,1-5H3,(H,24,25)/t19-/m1/s1. The molecule has 1 aromatic carbocycles. The normalized spacial score (nSPS) is 13.4. The number of benzene rings is 1. The van der Waals surface area contributed by atoms with E-state index in [1.165, 1.54) is 13.4 Å². The van der Waals surface area contributed by atoms with Gasteiger partial charge in [-0.3, -0.25) is 0 Å². The molecule has 0 radical (unpaired) electrons. The molecule has 7 nitrogen and oxygen atoms in total. The molecule has 1 heterocycles. The summed E-state index contributed by atoms with van der Waals surface area (Å²) >= 11 is 9.36. The molecule has 9 heteroatoms. The van der Waals surface area contributed by atoms with Crippen molar-refractivity contribution in [2.45, 2.75) is 38.8 Å². The molecule has 0 unspecified atom stereocenters. The summed E-state index contributed by atoms with van der Waals surface area (Å²) in [5.74, 6) is 0.635. The molecule has 1 aromatic heterocycles. The number of halogens is 2. The Kier molecular flexibility index (Phi) is 7.11. The van der Waals surface area contributed by atoms with E-state index < -0.39 is 17.2 Å². The van der Waals surface area contributed by atoms with E-state index in [4.69, 9.17) is 25.8 Å². The number of nitrogens with one attached hydrogen (secondary N) is 1. The van der Waals surface area contributed by atoms with Crippen molar-refractivity contribution in [2.75, 3.05) is 13.7 Å². The molecule has 0 saturated heterocycles. The van der Waals surface area contributed by atoms with Crippen molar-refractivity contribution < 1.29 is 19.0 Å². The number of alkyl carbamates (subject to hydrolysis) is 1. The molecular weight excluding hydrogens is 450 g/mol. The molecule has 1 atom stereocenters. The van der Waals surface area contributed by atoms with Crippen molar-refractivity contribution in [3.05, 3.63) is 45.7 Å². The maximum Gasteiger partial charge on any atom is 0.408 e. The predicted molar refractivity (Wildman–Crippen MR) is 110 cm³/mol. The number of carbonyl (C=O) groups excluding carboxylic acids is 1. The van der Waals surface area contributed by atoms with Gasteiger partial charge in [0.1, 0.15) is 23.0 Å². The van der Waals surface area contributed by atoms with Gasteiger partial charge in [-0.1, -0.05) is 23.7 Å². The summed E-state index contributed by atoms with van der Waals surface area (Å²) in [6.07, 6.45) is 0.771. The smallest absolute Gasteiger partial charge is 0.408 e. The number of amides is 1. The number of methoxy groups -OCH3 is 1. The van der Waals surface area contributed by atoms with E-state index in [1.807, 2.05) is 19.1 Å². The number of rotatable bonds is 6. The fraction of sp³-hybridized carbons (Fsp3) is 0.421. The third-order valence-corrected chi connectivity index (χ3v) is 4.60. The number of hydrogen-bond donors (Lipinski definition) is 1. The molecule has 0 bridgehead atoms. The van der Waals surface area contributed by atoms with Crippen molar-refractivity contribution in [1.29, 1.82) is 0 Å². The minimum Gasteiger partial charge on any atom is -0.480 e. The van der Waals surface area contributed by atoms with Crippen LogP contribution in [0.2, 0.25) is 5.02 Å². The maximum absolute atomic E-state index is 12.4. The van der Waals surface area contributed by atoms with Crippen LogP contribution in [0.15, 0.2) is 35.1 Å². The molecule has 0 fully saturated rings. The van der Waals surface area contributed by atoms with Crippen molar-refractivity contribution in [2.24, 2.45) is 0 Å². The van der Waals surface area contributed by atoms with Crippen LogP contribution in [0, 0.1) is 0 Å². The topological polar surface area (TPSA) is 82.6 Å². The van der Waals surface area contributed by atoms with Crippen LogP contribution in [-0.2, 0) is 10.3 Å². The van der Waals surface area contributed by atoms with Gasteiger partial charge in [0.15, 0.2) is 0 Å². The Morgan fingerprint density at radius 1 is 1.14 bits per heavy atom. The minimum atomic E-state index is -0.912. The van der Waals surface area contributed by atoms with Crippen LogP contribution in [0.4, 0.5) is 4.79 Å². The molecule has 0 saturated carbocycles. The van der Waals surface area contributed by atoms with Gasteiger partial charge in [-0.15, -0.1) is 0 Å². The highest BCUT2D eigenvalue weighted by Crippen LogP contribution is 2.31. The van der Waals surface area contributed by atoms with Gasteiger partial charge in [-0.25, -0.2) is 14.8 Å². The van der Waals surface area contributed by atoms with E-state index >= 15 is 0 Å². The summed E-state index contributed by atoms with van der Waals surface area (Å²) in [6.45, 7) is 7.30. The predicted octanol–water partition coefficient (Wildman–Crippen LogP) is 4.72. The van der Waals surface area contributed by atoms with E-state index in [9.17, 15) is 4.79 Å². The second-order valence-corrected chi connectivity index (χ2v) is 8.49. The summed E-state index contributed by atoms with van der Waals surface area (Å²) in [5.41, 5.74) is -0.751. The molecule has 2 rings (SSSR count). The van der Waals surface area contributed by atoms with Gasteiger partial charge in [0.05, 0.1) is 12.6 Å². The number of nitrogens with zero attached hydrogens (tertiary/aromatic N) is 2. The summed E-state index contributed by atoms with van der Waals surface area (Å²) in [6, 6.07) is 7.13. The molecule has 0 spiro atoms. The molecule has 152 valence electrons. The number of carbonyl (C=O) groups is 1. The van der Waals surface area contributed by atoms with Crippen LogP contribution in [-0.4, -0.2) is 35.4 Å². The summed E-state index contributed by atoms with van der Waals surface area (Å²) < 4.78 is 16.9. The lowest BCUT2D eigenvalue weighted by Crippen LogP contribution is -2.49. The maximum atomic E-state index is 12.4. The first kappa shape index (κ1) is 22.2.